The fourth-order valence-electron chi connectivity index (χ4n) is 3.11. The topological polar surface area (TPSA) is 0 Å². The fourth-order valence-corrected chi connectivity index (χ4v) is 7.02. The van der Waals surface area contributed by atoms with Crippen LogP contribution in [0.5, 0.6) is 0 Å². The molecule has 3 aromatic carbocycles. The highest BCUT2D eigenvalue weighted by atomic mass is 33.1. The third-order valence-electron chi connectivity index (χ3n) is 4.67. The molecule has 0 nitrogen and oxygen atoms in total. The highest BCUT2D eigenvalue weighted by Crippen LogP contribution is 2.62. The van der Waals surface area contributed by atoms with E-state index in [-0.39, 0.29) is 0 Å². The Morgan fingerprint density at radius 2 is 0.767 bits per heavy atom. The van der Waals surface area contributed by atoms with Gasteiger partial charge < -0.3 is 0 Å². The summed E-state index contributed by atoms with van der Waals surface area (Å²) in [5.74, 6) is 0. The van der Waals surface area contributed by atoms with E-state index in [4.69, 9.17) is 0 Å². The van der Waals surface area contributed by atoms with Gasteiger partial charge in [-0.25, -0.2) is 0 Å². The minimum atomic E-state index is -5.06. The van der Waals surface area contributed by atoms with Crippen molar-refractivity contribution in [2.24, 2.45) is 0 Å². The van der Waals surface area contributed by atoms with Crippen molar-refractivity contribution in [1.29, 1.82) is 0 Å². The van der Waals surface area contributed by atoms with Gasteiger partial charge in [0.05, 0.1) is 4.90 Å². The lowest BCUT2D eigenvalue weighted by Gasteiger charge is -2.15. The maximum absolute atomic E-state index is 12.4. The Kier molecular flexibility index (Phi) is 8.83. The first-order valence-electron chi connectivity index (χ1n) is 9.47. The first-order valence-corrected chi connectivity index (χ1v) is 13.0. The summed E-state index contributed by atoms with van der Waals surface area (Å²) < 4.78 is 37.2. The normalized spacial score (nSPS) is 11.6. The van der Waals surface area contributed by atoms with E-state index in [0.29, 0.717) is 11.1 Å². The van der Waals surface area contributed by atoms with Crippen molar-refractivity contribution in [2.75, 3.05) is 0 Å². The Morgan fingerprint density at radius 3 is 1.00 bits per heavy atom. The van der Waals surface area contributed by atoms with Crippen molar-refractivity contribution in [3.8, 4) is 0 Å². The van der Waals surface area contributed by atoms with Gasteiger partial charge in [0.1, 0.15) is 0 Å². The van der Waals surface area contributed by atoms with Crippen LogP contribution in [0.3, 0.4) is 0 Å². The summed E-state index contributed by atoms with van der Waals surface area (Å²) in [6.07, 6.45) is 0. The minimum Gasteiger partial charge on any atom is -0.120 e. The van der Waals surface area contributed by atoms with Crippen molar-refractivity contribution >= 4 is 32.8 Å². The van der Waals surface area contributed by atoms with Gasteiger partial charge >= 0.3 is 0 Å². The zero-order valence-corrected chi connectivity index (χ0v) is 20.5. The summed E-state index contributed by atoms with van der Waals surface area (Å²) in [6.45, 7) is 11.7. The first kappa shape index (κ1) is 24.8. The van der Waals surface area contributed by atoms with E-state index >= 15 is 0 Å². The minimum absolute atomic E-state index is 0.317. The third kappa shape index (κ3) is 6.50. The molecule has 0 N–H and O–H groups in total. The molecule has 0 bridgehead atoms. The molecule has 3 aromatic rings. The molecule has 0 amide bonds. The fraction of sp³-hybridized carbons (Fsp3) is 0.250. The lowest BCUT2D eigenvalue weighted by atomic mass is 10.2. The third-order valence-corrected chi connectivity index (χ3v) is 8.73. The first-order chi connectivity index (χ1) is 14.0. The summed E-state index contributed by atoms with van der Waals surface area (Å²) in [7, 11) is 3.74. The average Bonchev–Trinajstić information content (AvgIpc) is 2.62. The number of hydrogen-bond donors (Lipinski definition) is 0. The molecule has 0 spiro atoms. The van der Waals surface area contributed by atoms with Crippen LogP contribution < -0.4 is 0 Å². The predicted molar refractivity (Wildman–Crippen MR) is 129 cm³/mol. The maximum Gasteiger partial charge on any atom is 0.238 e. The van der Waals surface area contributed by atoms with Crippen LogP contribution in [0, 0.1) is 41.5 Å². The van der Waals surface area contributed by atoms with Gasteiger partial charge in [-0.1, -0.05) is 76.2 Å². The molecule has 3 rings (SSSR count). The van der Waals surface area contributed by atoms with Gasteiger partial charge in [-0.2, -0.15) is 0 Å². The summed E-state index contributed by atoms with van der Waals surface area (Å²) in [5, 5.41) is 0. The zero-order valence-electron chi connectivity index (χ0n) is 18.1. The summed E-state index contributed by atoms with van der Waals surface area (Å²) in [4.78, 5) is 2.36. The molecule has 6 heteroatoms. The van der Waals surface area contributed by atoms with Crippen LogP contribution in [0.4, 0.5) is 11.7 Å². The van der Waals surface area contributed by atoms with Gasteiger partial charge in [-0.15, -0.1) is 11.7 Å². The van der Waals surface area contributed by atoms with Gasteiger partial charge in [0.15, 0.2) is 0 Å². The van der Waals surface area contributed by atoms with Crippen LogP contribution >= 0.6 is 32.8 Å². The van der Waals surface area contributed by atoms with Crippen LogP contribution in [-0.2, 0) is 0 Å². The van der Waals surface area contributed by atoms with E-state index in [0.717, 1.165) is 0 Å². The average molecular weight is 469 g/mol. The van der Waals surface area contributed by atoms with Crippen LogP contribution in [0.15, 0.2) is 69.3 Å². The lowest BCUT2D eigenvalue weighted by molar-refractivity contribution is 0.630. The van der Waals surface area contributed by atoms with Crippen molar-refractivity contribution in [3.63, 3.8) is 0 Å². The summed E-state index contributed by atoms with van der Waals surface area (Å²) in [6, 6.07) is 17.6. The van der Waals surface area contributed by atoms with E-state index in [9.17, 15) is 11.7 Å². The molecule has 0 saturated heterocycles. The molecule has 0 unspecified atom stereocenters. The molecule has 0 aliphatic heterocycles. The zero-order chi connectivity index (χ0) is 22.5. The second-order valence-electron chi connectivity index (χ2n) is 7.24. The van der Waals surface area contributed by atoms with E-state index in [2.05, 4.69) is 64.1 Å². The molecule has 0 heterocycles. The van der Waals surface area contributed by atoms with Gasteiger partial charge in [-0.05, 0) is 74.9 Å². The molecule has 0 saturated carbocycles. The molecular formula is C24H27F3S3. The van der Waals surface area contributed by atoms with E-state index in [1.807, 2.05) is 21.6 Å². The van der Waals surface area contributed by atoms with E-state index in [1.165, 1.54) is 58.0 Å². The Balaban J connectivity index is 0.000000232. The number of halogens is 3. The van der Waals surface area contributed by atoms with Gasteiger partial charge in [0.2, 0.25) is 11.2 Å². The summed E-state index contributed by atoms with van der Waals surface area (Å²) >= 11 is -5.06. The maximum atomic E-state index is 12.4. The van der Waals surface area contributed by atoms with Crippen molar-refractivity contribution in [1.82, 2.24) is 0 Å². The molecule has 0 aliphatic rings. The Hall–Kier alpha value is -1.50. The van der Waals surface area contributed by atoms with E-state index in [1.54, 1.807) is 6.07 Å². The second kappa shape index (κ2) is 10.7. The standard InChI is InChI=1S/C16H18S2.C8H9F3S/c1-11-7-5-8-12(2)15(11)17-18-16-13(3)9-6-10-14(16)4;1-6-4-3-5-7(2)8(6)12(9,10)11/h5-10H,1-4H3;3-5H,1-2H3. The van der Waals surface area contributed by atoms with Gasteiger partial charge in [-0.3, -0.25) is 0 Å². The monoisotopic (exact) mass is 468 g/mol. The van der Waals surface area contributed by atoms with Crippen molar-refractivity contribution in [2.45, 2.75) is 56.2 Å². The Morgan fingerprint density at radius 1 is 0.500 bits per heavy atom. The molecule has 30 heavy (non-hydrogen) atoms. The van der Waals surface area contributed by atoms with Crippen LogP contribution in [0.1, 0.15) is 33.4 Å². The van der Waals surface area contributed by atoms with Crippen molar-refractivity contribution in [3.05, 3.63) is 88.0 Å². The quantitative estimate of drug-likeness (QED) is 0.349. The largest absolute Gasteiger partial charge is 0.238 e. The molecule has 0 aromatic heterocycles. The number of aryl methyl sites for hydroxylation is 6. The second-order valence-corrected chi connectivity index (χ2v) is 10.6. The van der Waals surface area contributed by atoms with E-state index < -0.39 is 16.1 Å². The molecule has 0 radical (unpaired) electrons. The number of hydrogen-bond acceptors (Lipinski definition) is 2. The number of rotatable bonds is 4. The molecular weight excluding hydrogens is 441 g/mol. The summed E-state index contributed by atoms with van der Waals surface area (Å²) in [5.41, 5.74) is 6.07. The predicted octanol–water partition coefficient (Wildman–Crippen LogP) is 9.84. The molecule has 162 valence electrons. The van der Waals surface area contributed by atoms with Gasteiger partial charge in [0.25, 0.3) is 0 Å². The van der Waals surface area contributed by atoms with Crippen LogP contribution in [0.25, 0.3) is 0 Å². The molecule has 0 atom stereocenters. The van der Waals surface area contributed by atoms with Crippen LogP contribution in [0.2, 0.25) is 0 Å². The number of benzene rings is 3. The SMILES string of the molecule is Cc1cccc(C)c1S(F)(F)F.Cc1cccc(C)c1SSc1c(C)cccc1C. The molecule has 0 aliphatic carbocycles. The Labute approximate surface area is 188 Å². The lowest BCUT2D eigenvalue weighted by Crippen LogP contribution is -1.89. The molecule has 0 fully saturated rings. The van der Waals surface area contributed by atoms with Gasteiger partial charge in [0, 0.05) is 9.79 Å². The highest BCUT2D eigenvalue weighted by molar-refractivity contribution is 8.76. The van der Waals surface area contributed by atoms with Crippen molar-refractivity contribution < 1.29 is 11.7 Å². The van der Waals surface area contributed by atoms with Crippen LogP contribution in [-0.4, -0.2) is 0 Å². The highest BCUT2D eigenvalue weighted by Gasteiger charge is 2.28. The smallest absolute Gasteiger partial charge is 0.120 e. The Bertz CT molecular complexity index is 899.